The third-order valence-corrected chi connectivity index (χ3v) is 4.91. The predicted molar refractivity (Wildman–Crippen MR) is 116 cm³/mol. The maximum absolute atomic E-state index is 13.0. The van der Waals surface area contributed by atoms with E-state index in [1.54, 1.807) is 37.3 Å². The molecular formula is C22H25FN2O4S. The molecule has 2 amide bonds. The zero-order valence-electron chi connectivity index (χ0n) is 16.9. The minimum absolute atomic E-state index is 0.251. The van der Waals surface area contributed by atoms with Crippen LogP contribution in [0, 0.1) is 5.82 Å². The third-order valence-electron chi connectivity index (χ3n) is 4.27. The third kappa shape index (κ3) is 7.18. The molecule has 8 heteroatoms. The topological polar surface area (TPSA) is 84.5 Å². The number of halogens is 1. The lowest BCUT2D eigenvalue weighted by atomic mass is 10.1. The average Bonchev–Trinajstić information content (AvgIpc) is 2.76. The van der Waals surface area contributed by atoms with Gasteiger partial charge < -0.3 is 15.4 Å². The van der Waals surface area contributed by atoms with Crippen molar-refractivity contribution in [3.63, 3.8) is 0 Å². The van der Waals surface area contributed by atoms with Crippen LogP contribution in [-0.4, -0.2) is 41.9 Å². The molecule has 30 heavy (non-hydrogen) atoms. The highest BCUT2D eigenvalue weighted by Gasteiger charge is 2.28. The summed E-state index contributed by atoms with van der Waals surface area (Å²) in [5.41, 5.74) is 0.827. The average molecular weight is 433 g/mol. The van der Waals surface area contributed by atoms with Crippen LogP contribution in [0.4, 0.5) is 10.1 Å². The zero-order valence-corrected chi connectivity index (χ0v) is 17.7. The van der Waals surface area contributed by atoms with E-state index in [-0.39, 0.29) is 12.3 Å². The van der Waals surface area contributed by atoms with Gasteiger partial charge in [-0.25, -0.2) is 9.18 Å². The van der Waals surface area contributed by atoms with Gasteiger partial charge in [0.1, 0.15) is 11.9 Å². The van der Waals surface area contributed by atoms with Gasteiger partial charge in [-0.2, -0.15) is 11.8 Å². The van der Waals surface area contributed by atoms with E-state index in [9.17, 15) is 18.8 Å². The predicted octanol–water partition coefficient (Wildman–Crippen LogP) is 3.64. The van der Waals surface area contributed by atoms with Crippen LogP contribution in [0.2, 0.25) is 0 Å². The first-order valence-electron chi connectivity index (χ1n) is 9.56. The molecule has 0 aliphatic carbocycles. The van der Waals surface area contributed by atoms with Crippen molar-refractivity contribution in [3.05, 3.63) is 66.0 Å². The van der Waals surface area contributed by atoms with Gasteiger partial charge in [-0.15, -0.1) is 0 Å². The Morgan fingerprint density at radius 2 is 1.73 bits per heavy atom. The maximum Gasteiger partial charge on any atom is 0.329 e. The Kier molecular flexibility index (Phi) is 9.34. The highest BCUT2D eigenvalue weighted by Crippen LogP contribution is 2.12. The molecule has 0 saturated heterocycles. The molecule has 160 valence electrons. The number of nitrogens with one attached hydrogen (secondary N) is 2. The summed E-state index contributed by atoms with van der Waals surface area (Å²) in [5, 5.41) is 5.29. The van der Waals surface area contributed by atoms with E-state index in [4.69, 9.17) is 4.74 Å². The molecule has 2 rings (SSSR count). The van der Waals surface area contributed by atoms with Crippen molar-refractivity contribution in [2.75, 3.05) is 17.3 Å². The number of hydrogen-bond donors (Lipinski definition) is 2. The van der Waals surface area contributed by atoms with Gasteiger partial charge in [-0.05, 0) is 61.2 Å². The molecule has 0 saturated carbocycles. The van der Waals surface area contributed by atoms with Gasteiger partial charge in [-0.1, -0.05) is 25.1 Å². The molecule has 2 unspecified atom stereocenters. The number of amides is 2. The van der Waals surface area contributed by atoms with Crippen LogP contribution in [0.25, 0.3) is 0 Å². The fourth-order valence-corrected chi connectivity index (χ4v) is 3.09. The molecule has 0 aromatic heterocycles. The van der Waals surface area contributed by atoms with Crippen LogP contribution in [-0.2, 0) is 14.3 Å². The minimum Gasteiger partial charge on any atom is -0.451 e. The van der Waals surface area contributed by atoms with Gasteiger partial charge in [0.05, 0.1) is 0 Å². The van der Waals surface area contributed by atoms with Gasteiger partial charge in [0.15, 0.2) is 6.10 Å². The number of rotatable bonds is 10. The summed E-state index contributed by atoms with van der Waals surface area (Å²) < 4.78 is 18.4. The van der Waals surface area contributed by atoms with Gasteiger partial charge in [0.25, 0.3) is 11.8 Å². The number of esters is 1. The van der Waals surface area contributed by atoms with E-state index in [2.05, 4.69) is 10.6 Å². The molecule has 6 nitrogen and oxygen atoms in total. The Morgan fingerprint density at radius 1 is 1.07 bits per heavy atom. The second kappa shape index (κ2) is 12.0. The summed E-state index contributed by atoms with van der Waals surface area (Å²) in [7, 11) is 0. The zero-order chi connectivity index (χ0) is 21.9. The lowest BCUT2D eigenvalue weighted by Crippen LogP contribution is -2.45. The molecule has 0 fully saturated rings. The molecule has 0 heterocycles. The first-order chi connectivity index (χ1) is 14.4. The monoisotopic (exact) mass is 432 g/mol. The van der Waals surface area contributed by atoms with Gasteiger partial charge in [0.2, 0.25) is 0 Å². The first kappa shape index (κ1) is 23.4. The molecule has 0 aliphatic heterocycles. The van der Waals surface area contributed by atoms with Crippen LogP contribution in [0.1, 0.15) is 30.1 Å². The number of thioether (sulfide) groups is 1. The number of benzene rings is 2. The van der Waals surface area contributed by atoms with Crippen molar-refractivity contribution in [1.29, 1.82) is 0 Å². The van der Waals surface area contributed by atoms with E-state index in [1.165, 1.54) is 36.0 Å². The fraction of sp³-hybridized carbons (Fsp3) is 0.318. The number of hydrogen-bond acceptors (Lipinski definition) is 5. The standard InChI is InChI=1S/C22H25FN2O4S/c1-3-19(21(27)24-17-11-9-16(23)10-12-17)29-22(28)18(13-14-30-2)25-20(26)15-7-5-4-6-8-15/h4-12,18-19H,3,13-14H2,1-2H3,(H,24,27)(H,25,26). The molecule has 0 radical (unpaired) electrons. The normalized spacial score (nSPS) is 12.5. The highest BCUT2D eigenvalue weighted by molar-refractivity contribution is 7.98. The molecule has 0 aliphatic rings. The van der Waals surface area contributed by atoms with Crippen molar-refractivity contribution in [1.82, 2.24) is 5.32 Å². The van der Waals surface area contributed by atoms with Crippen LogP contribution < -0.4 is 10.6 Å². The molecule has 2 aromatic carbocycles. The lowest BCUT2D eigenvalue weighted by molar-refractivity contribution is -0.156. The molecule has 2 atom stereocenters. The van der Waals surface area contributed by atoms with Gasteiger partial charge in [0, 0.05) is 11.3 Å². The maximum atomic E-state index is 13.0. The van der Waals surface area contributed by atoms with Crippen molar-refractivity contribution in [2.45, 2.75) is 31.9 Å². The SMILES string of the molecule is CCC(OC(=O)C(CCSC)NC(=O)c1ccccc1)C(=O)Nc1ccc(F)cc1. The van der Waals surface area contributed by atoms with Crippen LogP contribution >= 0.6 is 11.8 Å². The molecular weight excluding hydrogens is 407 g/mol. The van der Waals surface area contributed by atoms with E-state index in [1.807, 2.05) is 6.26 Å². The molecule has 0 bridgehead atoms. The molecule has 2 aromatic rings. The van der Waals surface area contributed by atoms with Gasteiger partial charge in [-0.3, -0.25) is 9.59 Å². The molecule has 0 spiro atoms. The van der Waals surface area contributed by atoms with Gasteiger partial charge >= 0.3 is 5.97 Å². The summed E-state index contributed by atoms with van der Waals surface area (Å²) in [5.74, 6) is -1.36. The summed E-state index contributed by atoms with van der Waals surface area (Å²) in [6.45, 7) is 1.71. The van der Waals surface area contributed by atoms with Crippen molar-refractivity contribution < 1.29 is 23.5 Å². The second-order valence-electron chi connectivity index (χ2n) is 6.50. The summed E-state index contributed by atoms with van der Waals surface area (Å²) in [6, 6.07) is 13.0. The van der Waals surface area contributed by atoms with E-state index in [0.717, 1.165) is 0 Å². The second-order valence-corrected chi connectivity index (χ2v) is 7.49. The number of ether oxygens (including phenoxy) is 1. The summed E-state index contributed by atoms with van der Waals surface area (Å²) in [6.07, 6.45) is 1.48. The van der Waals surface area contributed by atoms with E-state index < -0.39 is 29.8 Å². The Morgan fingerprint density at radius 3 is 2.33 bits per heavy atom. The van der Waals surface area contributed by atoms with Crippen molar-refractivity contribution in [3.8, 4) is 0 Å². The Bertz CT molecular complexity index is 846. The van der Waals surface area contributed by atoms with Crippen LogP contribution in [0.15, 0.2) is 54.6 Å². The lowest BCUT2D eigenvalue weighted by Gasteiger charge is -2.21. The number of carbonyl (C=O) groups is 3. The largest absolute Gasteiger partial charge is 0.451 e. The van der Waals surface area contributed by atoms with Crippen LogP contribution in [0.5, 0.6) is 0 Å². The van der Waals surface area contributed by atoms with Crippen LogP contribution in [0.3, 0.4) is 0 Å². The Hall–Kier alpha value is -2.87. The minimum atomic E-state index is -1.03. The van der Waals surface area contributed by atoms with E-state index >= 15 is 0 Å². The first-order valence-corrected chi connectivity index (χ1v) is 11.0. The fourth-order valence-electron chi connectivity index (χ4n) is 2.62. The number of anilines is 1. The summed E-state index contributed by atoms with van der Waals surface area (Å²) in [4.78, 5) is 37.6. The summed E-state index contributed by atoms with van der Waals surface area (Å²) >= 11 is 1.54. The number of carbonyl (C=O) groups excluding carboxylic acids is 3. The smallest absolute Gasteiger partial charge is 0.329 e. The Labute approximate surface area is 179 Å². The molecule has 2 N–H and O–H groups in total. The quantitative estimate of drug-likeness (QED) is 0.560. The highest BCUT2D eigenvalue weighted by atomic mass is 32.2. The van der Waals surface area contributed by atoms with Crippen molar-refractivity contribution >= 4 is 35.2 Å². The van der Waals surface area contributed by atoms with E-state index in [0.29, 0.717) is 23.4 Å². The Balaban J connectivity index is 2.03. The van der Waals surface area contributed by atoms with Crippen molar-refractivity contribution in [2.24, 2.45) is 0 Å².